The van der Waals surface area contributed by atoms with Crippen LogP contribution in [0.2, 0.25) is 0 Å². The molecule has 24 rings (SSSR count). The van der Waals surface area contributed by atoms with Crippen LogP contribution in [0.4, 0.5) is 4.39 Å². The number of hydrogen-bond acceptors (Lipinski definition) is 11. The molecule has 6 aromatic heterocycles. The number of hydrogen-bond donors (Lipinski definition) is 2. The van der Waals surface area contributed by atoms with E-state index in [2.05, 4.69) is 199 Å². The van der Waals surface area contributed by atoms with E-state index in [-0.39, 0.29) is 17.3 Å². The van der Waals surface area contributed by atoms with Crippen molar-refractivity contribution >= 4 is 73.2 Å². The number of aromatic amines is 2. The number of carbonyl (C=O) groups excluding carboxylic acids is 7. The highest BCUT2D eigenvalue weighted by molar-refractivity contribution is 6.05. The summed E-state index contributed by atoms with van der Waals surface area (Å²) in [6, 6.07) is 77.4. The van der Waals surface area contributed by atoms with E-state index in [0.717, 1.165) is 184 Å². The zero-order chi connectivity index (χ0) is 94.9. The van der Waals surface area contributed by atoms with Crippen molar-refractivity contribution in [2.75, 3.05) is 0 Å². The molecule has 0 saturated heterocycles. The lowest BCUT2D eigenvalue weighted by Crippen LogP contribution is -2.12. The van der Waals surface area contributed by atoms with Gasteiger partial charge in [0.2, 0.25) is 5.95 Å². The minimum Gasteiger partial charge on any atom is -0.361 e. The van der Waals surface area contributed by atoms with Crippen molar-refractivity contribution in [1.82, 2.24) is 29.9 Å². The van der Waals surface area contributed by atoms with E-state index in [1.165, 1.54) is 145 Å². The number of rotatable bonds is 7. The Morgan fingerprint density at radius 1 is 0.226 bits per heavy atom. The van der Waals surface area contributed by atoms with E-state index in [4.69, 9.17) is 0 Å². The van der Waals surface area contributed by atoms with Crippen LogP contribution < -0.4 is 0 Å². The van der Waals surface area contributed by atoms with Crippen LogP contribution in [-0.2, 0) is 44.9 Å². The van der Waals surface area contributed by atoms with Crippen molar-refractivity contribution in [1.29, 1.82) is 0 Å². The predicted molar refractivity (Wildman–Crippen MR) is 550 cm³/mol. The Hall–Kier alpha value is -15.0. The van der Waals surface area contributed by atoms with E-state index < -0.39 is 5.95 Å². The number of para-hydroxylation sites is 1. The summed E-state index contributed by atoms with van der Waals surface area (Å²) in [5.41, 5.74) is 43.1. The molecular weight excluding hydrogens is 1690 g/mol. The smallest absolute Gasteiger partial charge is 0.213 e. The zero-order valence-electron chi connectivity index (χ0n) is 78.9. The number of fused-ring (bicyclic) bond motifs is 10. The second-order valence-electron chi connectivity index (χ2n) is 37.0. The zero-order valence-corrected chi connectivity index (χ0v) is 78.9. The monoisotopic (exact) mass is 1800 g/mol. The van der Waals surface area contributed by atoms with Gasteiger partial charge in [-0.3, -0.25) is 48.5 Å². The molecule has 0 radical (unpaired) electrons. The van der Waals surface area contributed by atoms with Crippen LogP contribution in [0.15, 0.2) is 280 Å². The normalized spacial score (nSPS) is 14.4. The number of nitrogens with zero attached hydrogens (tertiary/aromatic N) is 4. The number of carbonyl (C=O) groups is 7. The second-order valence-corrected chi connectivity index (χ2v) is 37.0. The molecule has 0 saturated carbocycles. The first-order valence-electron chi connectivity index (χ1n) is 48.3. The Balaban J connectivity index is 0.000000106. The van der Waals surface area contributed by atoms with Gasteiger partial charge < -0.3 is 9.97 Å². The molecule has 11 aromatic carbocycles. The SMILES string of the molecule is Cc1c(-c2ccc3[nH]ccc3c2)ccc2c1CCCC2=O.Cc1c(-c2ccc3[nH]ccc3c2)ccc2c1CCCC2=O.Cc1c(-c2ccccc2)ccc2c1CCCC2=O.Cc1c(-c2cccnc2)ccc2c1CCCC2=O.Cc1c(-c2ccnc(F)c2)ccc2c1CCCC2=O.Cc1c(-c2ccncc2)ccc2c1CCCC2=O.Cc1c(-c2cnc3ccccc3c2)ccc2c1CCCC2=O. The number of Topliss-reactive ketones (excluding diaryl/α,β-unsaturated/α-hetero) is 7. The Morgan fingerprint density at radius 3 is 0.883 bits per heavy atom. The van der Waals surface area contributed by atoms with Gasteiger partial charge in [-0.1, -0.05) is 152 Å². The third kappa shape index (κ3) is 19.8. The van der Waals surface area contributed by atoms with Crippen LogP contribution in [0, 0.1) is 54.4 Å². The first-order chi connectivity index (χ1) is 66.7. The van der Waals surface area contributed by atoms with Gasteiger partial charge in [0.1, 0.15) is 0 Å². The van der Waals surface area contributed by atoms with Crippen LogP contribution in [-0.4, -0.2) is 70.4 Å². The molecule has 13 nitrogen and oxygen atoms in total. The number of nitrogens with one attached hydrogen (secondary N) is 2. The lowest BCUT2D eigenvalue weighted by Gasteiger charge is -2.19. The fourth-order valence-corrected chi connectivity index (χ4v) is 21.4. The molecule has 17 aromatic rings. The average molecular weight is 1800 g/mol. The van der Waals surface area contributed by atoms with Gasteiger partial charge in [0.15, 0.2) is 40.5 Å². The maximum absolute atomic E-state index is 13.2. The topological polar surface area (TPSA) is 203 Å². The van der Waals surface area contributed by atoms with Gasteiger partial charge in [-0.2, -0.15) is 4.39 Å². The molecule has 682 valence electrons. The van der Waals surface area contributed by atoms with Gasteiger partial charge in [0.05, 0.1) is 5.52 Å². The van der Waals surface area contributed by atoms with Gasteiger partial charge in [-0.15, -0.1) is 0 Å². The summed E-state index contributed by atoms with van der Waals surface area (Å²) in [6.45, 7) is 14.8. The average Bonchev–Trinajstić information content (AvgIpc) is 1.76. The molecule has 0 fully saturated rings. The summed E-state index contributed by atoms with van der Waals surface area (Å²) >= 11 is 0. The minimum atomic E-state index is -0.481. The summed E-state index contributed by atoms with van der Waals surface area (Å²) in [7, 11) is 0. The number of aromatic nitrogens is 6. The van der Waals surface area contributed by atoms with Crippen molar-refractivity contribution in [2.45, 2.75) is 183 Å². The number of H-pyrrole nitrogens is 2. The molecule has 2 N–H and O–H groups in total. The molecule has 0 aliphatic heterocycles. The first-order valence-corrected chi connectivity index (χ1v) is 48.3. The van der Waals surface area contributed by atoms with E-state index in [0.29, 0.717) is 68.1 Å². The first kappa shape index (κ1) is 92.4. The summed E-state index contributed by atoms with van der Waals surface area (Å²) in [5, 5.41) is 3.59. The van der Waals surface area contributed by atoms with Crippen LogP contribution >= 0.6 is 0 Å². The van der Waals surface area contributed by atoms with Crippen molar-refractivity contribution in [2.24, 2.45) is 0 Å². The lowest BCUT2D eigenvalue weighted by molar-refractivity contribution is 0.0964. The van der Waals surface area contributed by atoms with Gasteiger partial charge >= 0.3 is 0 Å². The van der Waals surface area contributed by atoms with Gasteiger partial charge in [0, 0.05) is 167 Å². The Bertz CT molecular complexity index is 7160. The molecule has 7 aliphatic rings. The van der Waals surface area contributed by atoms with Crippen LogP contribution in [0.25, 0.3) is 111 Å². The maximum atomic E-state index is 13.2. The van der Waals surface area contributed by atoms with E-state index >= 15 is 0 Å². The molecular formula is C123H111FN6O7. The van der Waals surface area contributed by atoms with E-state index in [9.17, 15) is 38.0 Å². The van der Waals surface area contributed by atoms with Crippen molar-refractivity contribution in [3.8, 4) is 77.9 Å². The summed E-state index contributed by atoms with van der Waals surface area (Å²) in [6.07, 6.45) is 33.2. The molecule has 0 amide bonds. The standard InChI is InChI=1S/C20H17NO.2C19H17NO.C17H16O.C16H14FNO.2C16H15NO/c1-13-16(9-10-18-17(13)6-4-8-20(18)22)15-11-14-5-2-3-7-19(14)21-12-15;2*1-12-15(6-7-17-16(12)3-2-4-19(17)21)13-5-8-18-14(11-13)9-10-20-18;1-12-14(13-6-3-2-4-7-13)10-11-16-15(12)8-5-9-17(16)18;1-10-12(11-7-8-18-16(17)9-11)5-6-14-13(10)3-2-4-15(14)19;1-11-13(12-4-3-9-17-10-12)7-8-15-14(11)5-2-6-16(15)18;1-11-13(12-7-9-17-10-8-12)5-6-15-14(11)3-2-4-16(15)18/h2-3,5,7,9-12H,4,6,8H2,1H3;2*5-11,20H,2-4H2,1H3;2-4,6-7,10-11H,5,8-9H2,1H3;5-9H,2-4H2,1H3;3-4,7-10H,2,5-6H2,1H3;5-10H,2-4H2,1H3. The van der Waals surface area contributed by atoms with Crippen LogP contribution in [0.5, 0.6) is 0 Å². The van der Waals surface area contributed by atoms with Crippen LogP contribution in [0.1, 0.15) is 240 Å². The molecule has 0 bridgehead atoms. The molecule has 0 spiro atoms. The van der Waals surface area contributed by atoms with Crippen LogP contribution in [0.3, 0.4) is 0 Å². The fraction of sp³-hybridized carbons (Fsp3) is 0.228. The third-order valence-electron chi connectivity index (χ3n) is 28.8. The third-order valence-corrected chi connectivity index (χ3v) is 28.8. The second kappa shape index (κ2) is 41.4. The molecule has 14 heteroatoms. The van der Waals surface area contributed by atoms with E-state index in [1.807, 2.05) is 123 Å². The largest absolute Gasteiger partial charge is 0.361 e. The van der Waals surface area contributed by atoms with Crippen molar-refractivity contribution in [3.05, 3.63) is 403 Å². The van der Waals surface area contributed by atoms with Gasteiger partial charge in [-0.05, 0) is 367 Å². The summed E-state index contributed by atoms with van der Waals surface area (Å²) < 4.78 is 13.2. The Morgan fingerprint density at radius 2 is 0.526 bits per heavy atom. The predicted octanol–water partition coefficient (Wildman–Crippen LogP) is 29.1. The highest BCUT2D eigenvalue weighted by Gasteiger charge is 2.29. The van der Waals surface area contributed by atoms with Gasteiger partial charge in [0.25, 0.3) is 0 Å². The lowest BCUT2D eigenvalue weighted by atomic mass is 9.84. The fourth-order valence-electron chi connectivity index (χ4n) is 21.4. The summed E-state index contributed by atoms with van der Waals surface area (Å²) in [4.78, 5) is 106. The number of ketones is 7. The Labute approximate surface area is 800 Å². The number of benzene rings is 11. The highest BCUT2D eigenvalue weighted by atomic mass is 19.1. The Kier molecular flexibility index (Phi) is 28.0. The van der Waals surface area contributed by atoms with Crippen molar-refractivity contribution in [3.63, 3.8) is 0 Å². The minimum absolute atomic E-state index is 0.219. The summed E-state index contributed by atoms with van der Waals surface area (Å²) in [5.74, 6) is 1.51. The molecule has 137 heavy (non-hydrogen) atoms. The molecule has 7 aliphatic carbocycles. The number of halogens is 1. The number of pyridine rings is 4. The van der Waals surface area contributed by atoms with Crippen molar-refractivity contribution < 1.29 is 38.0 Å². The maximum Gasteiger partial charge on any atom is 0.213 e. The molecule has 6 heterocycles. The van der Waals surface area contributed by atoms with E-state index in [1.54, 1.807) is 24.7 Å². The van der Waals surface area contributed by atoms with Gasteiger partial charge in [-0.25, -0.2) is 4.98 Å². The molecule has 0 unspecified atom stereocenters. The molecule has 0 atom stereocenters. The quantitative estimate of drug-likeness (QED) is 0.144. The highest BCUT2D eigenvalue weighted by Crippen LogP contribution is 2.42.